The van der Waals surface area contributed by atoms with E-state index in [2.05, 4.69) is 31.8 Å². The lowest BCUT2D eigenvalue weighted by Crippen LogP contribution is -2.34. The Morgan fingerprint density at radius 1 is 1.26 bits per heavy atom. The first-order chi connectivity index (χ1) is 11.1. The molecule has 0 heterocycles. The molecule has 0 spiro atoms. The molecule has 0 saturated carbocycles. The SMILES string of the molecule is COc1ccc(N[C@H](C)C(=O)N/N=C\c2cccc(Br)c2)cc1. The van der Waals surface area contributed by atoms with Gasteiger partial charge in [0.25, 0.3) is 5.91 Å². The standard InChI is InChI=1S/C17H18BrN3O2/c1-12(20-15-6-8-16(23-2)9-7-15)17(22)21-19-11-13-4-3-5-14(18)10-13/h3-12,20H,1-2H3,(H,21,22)/b19-11-/t12-/m1/s1. The van der Waals surface area contributed by atoms with Gasteiger partial charge < -0.3 is 10.1 Å². The maximum absolute atomic E-state index is 12.0. The fourth-order valence-electron chi connectivity index (χ4n) is 1.86. The van der Waals surface area contributed by atoms with Crippen LogP contribution < -0.4 is 15.5 Å². The summed E-state index contributed by atoms with van der Waals surface area (Å²) in [5, 5.41) is 7.07. The average molecular weight is 376 g/mol. The van der Waals surface area contributed by atoms with Crippen LogP contribution in [0.3, 0.4) is 0 Å². The summed E-state index contributed by atoms with van der Waals surface area (Å²) >= 11 is 3.39. The Morgan fingerprint density at radius 3 is 2.65 bits per heavy atom. The van der Waals surface area contributed by atoms with Gasteiger partial charge in [0.05, 0.1) is 13.3 Å². The van der Waals surface area contributed by atoms with Crippen molar-refractivity contribution in [2.45, 2.75) is 13.0 Å². The van der Waals surface area contributed by atoms with E-state index < -0.39 is 6.04 Å². The summed E-state index contributed by atoms with van der Waals surface area (Å²) in [6, 6.07) is 14.6. The molecule has 0 aliphatic rings. The smallest absolute Gasteiger partial charge is 0.262 e. The molecular formula is C17H18BrN3O2. The van der Waals surface area contributed by atoms with Crippen molar-refractivity contribution in [1.82, 2.24) is 5.43 Å². The van der Waals surface area contributed by atoms with Crippen molar-refractivity contribution in [2.75, 3.05) is 12.4 Å². The second kappa shape index (κ2) is 8.33. The predicted octanol–water partition coefficient (Wildman–Crippen LogP) is 3.41. The molecule has 0 fully saturated rings. The number of rotatable bonds is 6. The molecule has 1 atom stereocenters. The van der Waals surface area contributed by atoms with Crippen molar-refractivity contribution in [3.63, 3.8) is 0 Å². The molecular weight excluding hydrogens is 358 g/mol. The Morgan fingerprint density at radius 2 is 2.00 bits per heavy atom. The van der Waals surface area contributed by atoms with Crippen LogP contribution in [0.2, 0.25) is 0 Å². The van der Waals surface area contributed by atoms with Crippen LogP contribution in [0.4, 0.5) is 5.69 Å². The number of carbonyl (C=O) groups excluding carboxylic acids is 1. The van der Waals surface area contributed by atoms with Crippen LogP contribution in [0.15, 0.2) is 58.1 Å². The van der Waals surface area contributed by atoms with E-state index in [1.54, 1.807) is 20.2 Å². The number of ether oxygens (including phenoxy) is 1. The quantitative estimate of drug-likeness (QED) is 0.600. The number of amides is 1. The predicted molar refractivity (Wildman–Crippen MR) is 96.0 cm³/mol. The number of hydrazone groups is 1. The Bertz CT molecular complexity index is 686. The van der Waals surface area contributed by atoms with Crippen molar-refractivity contribution in [2.24, 2.45) is 5.10 Å². The first-order valence-corrected chi connectivity index (χ1v) is 7.87. The Labute approximate surface area is 143 Å². The van der Waals surface area contributed by atoms with Gasteiger partial charge in [-0.2, -0.15) is 5.10 Å². The van der Waals surface area contributed by atoms with Gasteiger partial charge in [-0.05, 0) is 48.9 Å². The fourth-order valence-corrected chi connectivity index (χ4v) is 2.27. The molecule has 0 radical (unpaired) electrons. The highest BCUT2D eigenvalue weighted by atomic mass is 79.9. The molecule has 23 heavy (non-hydrogen) atoms. The van der Waals surface area contributed by atoms with Crippen LogP contribution in [-0.4, -0.2) is 25.3 Å². The van der Waals surface area contributed by atoms with Crippen LogP contribution in [0, 0.1) is 0 Å². The number of nitrogens with zero attached hydrogens (tertiary/aromatic N) is 1. The largest absolute Gasteiger partial charge is 0.497 e. The number of carbonyl (C=O) groups is 1. The molecule has 6 heteroatoms. The molecule has 120 valence electrons. The molecule has 0 bridgehead atoms. The van der Waals surface area contributed by atoms with Crippen molar-refractivity contribution in [3.8, 4) is 5.75 Å². The monoisotopic (exact) mass is 375 g/mol. The van der Waals surface area contributed by atoms with E-state index >= 15 is 0 Å². The molecule has 2 rings (SSSR count). The summed E-state index contributed by atoms with van der Waals surface area (Å²) in [6.45, 7) is 1.77. The highest BCUT2D eigenvalue weighted by Gasteiger charge is 2.11. The third-order valence-corrected chi connectivity index (χ3v) is 3.60. The minimum atomic E-state index is -0.414. The normalized spacial score (nSPS) is 12.0. The van der Waals surface area contributed by atoms with Crippen LogP contribution in [0.25, 0.3) is 0 Å². The number of anilines is 1. The number of methoxy groups -OCH3 is 1. The second-order valence-electron chi connectivity index (χ2n) is 4.88. The lowest BCUT2D eigenvalue weighted by molar-refractivity contribution is -0.121. The van der Waals surface area contributed by atoms with Gasteiger partial charge in [0, 0.05) is 10.2 Å². The van der Waals surface area contributed by atoms with Gasteiger partial charge in [0.15, 0.2) is 0 Å². The lowest BCUT2D eigenvalue weighted by Gasteiger charge is -2.13. The summed E-state index contributed by atoms with van der Waals surface area (Å²) in [6.07, 6.45) is 1.60. The van der Waals surface area contributed by atoms with Crippen LogP contribution in [-0.2, 0) is 4.79 Å². The van der Waals surface area contributed by atoms with E-state index in [4.69, 9.17) is 4.74 Å². The Hall–Kier alpha value is -2.34. The zero-order valence-electron chi connectivity index (χ0n) is 12.9. The van der Waals surface area contributed by atoms with Crippen molar-refractivity contribution in [1.29, 1.82) is 0 Å². The van der Waals surface area contributed by atoms with E-state index in [1.807, 2.05) is 48.5 Å². The van der Waals surface area contributed by atoms with Gasteiger partial charge in [-0.15, -0.1) is 0 Å². The minimum Gasteiger partial charge on any atom is -0.497 e. The van der Waals surface area contributed by atoms with Gasteiger partial charge in [-0.25, -0.2) is 5.43 Å². The Kier molecular flexibility index (Phi) is 6.17. The van der Waals surface area contributed by atoms with Crippen molar-refractivity contribution in [3.05, 3.63) is 58.6 Å². The summed E-state index contributed by atoms with van der Waals surface area (Å²) in [5.74, 6) is 0.554. The molecule has 0 saturated heterocycles. The minimum absolute atomic E-state index is 0.216. The second-order valence-corrected chi connectivity index (χ2v) is 5.80. The van der Waals surface area contributed by atoms with Gasteiger partial charge in [-0.1, -0.05) is 28.1 Å². The number of hydrogen-bond acceptors (Lipinski definition) is 4. The number of benzene rings is 2. The van der Waals surface area contributed by atoms with Gasteiger partial charge in [0.2, 0.25) is 0 Å². The van der Waals surface area contributed by atoms with Crippen LogP contribution in [0.1, 0.15) is 12.5 Å². The van der Waals surface area contributed by atoms with E-state index in [-0.39, 0.29) is 5.91 Å². The maximum atomic E-state index is 12.0. The molecule has 5 nitrogen and oxygen atoms in total. The first kappa shape index (κ1) is 17.0. The highest BCUT2D eigenvalue weighted by Crippen LogP contribution is 2.15. The number of hydrogen-bond donors (Lipinski definition) is 2. The zero-order chi connectivity index (χ0) is 16.7. The van der Waals surface area contributed by atoms with Gasteiger partial charge in [-0.3, -0.25) is 4.79 Å². The maximum Gasteiger partial charge on any atom is 0.262 e. The summed E-state index contributed by atoms with van der Waals surface area (Å²) in [5.41, 5.74) is 4.26. The number of nitrogens with one attached hydrogen (secondary N) is 2. The van der Waals surface area contributed by atoms with Crippen molar-refractivity contribution < 1.29 is 9.53 Å². The first-order valence-electron chi connectivity index (χ1n) is 7.07. The van der Waals surface area contributed by atoms with E-state index in [1.165, 1.54) is 0 Å². The van der Waals surface area contributed by atoms with Crippen LogP contribution >= 0.6 is 15.9 Å². The molecule has 2 aromatic rings. The topological polar surface area (TPSA) is 62.7 Å². The third kappa shape index (κ3) is 5.41. The summed E-state index contributed by atoms with van der Waals surface area (Å²) in [7, 11) is 1.61. The summed E-state index contributed by atoms with van der Waals surface area (Å²) < 4.78 is 6.06. The van der Waals surface area contributed by atoms with E-state index in [0.29, 0.717) is 0 Å². The molecule has 0 aromatic heterocycles. The molecule has 0 aliphatic carbocycles. The lowest BCUT2D eigenvalue weighted by atomic mass is 10.2. The molecule has 0 unspecified atom stereocenters. The third-order valence-electron chi connectivity index (χ3n) is 3.10. The van der Waals surface area contributed by atoms with Crippen LogP contribution in [0.5, 0.6) is 5.75 Å². The molecule has 2 aromatic carbocycles. The van der Waals surface area contributed by atoms with E-state index in [9.17, 15) is 4.79 Å². The average Bonchev–Trinajstić information content (AvgIpc) is 2.55. The number of halogens is 1. The van der Waals surface area contributed by atoms with Gasteiger partial charge in [0.1, 0.15) is 11.8 Å². The summed E-state index contributed by atoms with van der Waals surface area (Å²) in [4.78, 5) is 12.0. The molecule has 2 N–H and O–H groups in total. The molecule has 1 amide bonds. The van der Waals surface area contributed by atoms with Gasteiger partial charge >= 0.3 is 0 Å². The van der Waals surface area contributed by atoms with E-state index in [0.717, 1.165) is 21.5 Å². The zero-order valence-corrected chi connectivity index (χ0v) is 14.5. The molecule has 0 aliphatic heterocycles. The highest BCUT2D eigenvalue weighted by molar-refractivity contribution is 9.10. The fraction of sp³-hybridized carbons (Fsp3) is 0.176. The Balaban J connectivity index is 1.86. The van der Waals surface area contributed by atoms with Crippen molar-refractivity contribution >= 4 is 33.7 Å².